The lowest BCUT2D eigenvalue weighted by atomic mass is 9.70. The number of rotatable bonds is 15. The van der Waals surface area contributed by atoms with Gasteiger partial charge in [0.25, 0.3) is 8.32 Å². The molecule has 2 atom stereocenters. The molecule has 0 saturated carbocycles. The van der Waals surface area contributed by atoms with Crippen LogP contribution in [-0.4, -0.2) is 44.1 Å². The molecular formula is C48H58N2O5Si. The number of nitrogens with zero attached hydrogens (tertiary/aromatic N) is 1. The summed E-state index contributed by atoms with van der Waals surface area (Å²) in [6.07, 6.45) is 2.59. The van der Waals surface area contributed by atoms with Gasteiger partial charge in [-0.05, 0) is 51.9 Å². The number of aromatic amines is 1. The van der Waals surface area contributed by atoms with Gasteiger partial charge in [0, 0.05) is 34.6 Å². The van der Waals surface area contributed by atoms with Gasteiger partial charge in [-0.2, -0.15) is 0 Å². The van der Waals surface area contributed by atoms with Crippen molar-refractivity contribution in [2.45, 2.75) is 95.9 Å². The van der Waals surface area contributed by atoms with Gasteiger partial charge in [0.15, 0.2) is 0 Å². The van der Waals surface area contributed by atoms with Gasteiger partial charge in [-0.3, -0.25) is 4.90 Å². The van der Waals surface area contributed by atoms with E-state index in [4.69, 9.17) is 18.6 Å². The molecule has 2 heterocycles. The van der Waals surface area contributed by atoms with Crippen molar-refractivity contribution in [1.82, 2.24) is 9.88 Å². The van der Waals surface area contributed by atoms with E-state index >= 15 is 0 Å². The summed E-state index contributed by atoms with van der Waals surface area (Å²) in [5.74, 6) is 0.789. The highest BCUT2D eigenvalue weighted by molar-refractivity contribution is 6.77. The molecule has 7 rings (SSSR count). The minimum absolute atomic E-state index is 0.166. The zero-order valence-electron chi connectivity index (χ0n) is 33.9. The molecule has 2 bridgehead atoms. The fourth-order valence-corrected chi connectivity index (χ4v) is 15.0. The van der Waals surface area contributed by atoms with E-state index < -0.39 is 19.8 Å². The number of ether oxygens (including phenoxy) is 3. The average molecular weight is 771 g/mol. The number of para-hydroxylation sites is 1. The number of carbonyl (C=O) groups excluding carboxylic acids is 1. The summed E-state index contributed by atoms with van der Waals surface area (Å²) in [6, 6.07) is 38.6. The van der Waals surface area contributed by atoms with Gasteiger partial charge in [0.05, 0.1) is 43.6 Å². The number of nitrogens with one attached hydrogen (secondary N) is 1. The maximum absolute atomic E-state index is 14.4. The Bertz CT molecular complexity index is 2010. The van der Waals surface area contributed by atoms with E-state index in [-0.39, 0.29) is 18.6 Å². The molecule has 0 spiro atoms. The molecule has 1 unspecified atom stereocenters. The van der Waals surface area contributed by atoms with Crippen LogP contribution in [0.25, 0.3) is 10.9 Å². The van der Waals surface area contributed by atoms with Crippen molar-refractivity contribution in [3.05, 3.63) is 155 Å². The van der Waals surface area contributed by atoms with E-state index in [1.807, 2.05) is 47.4 Å². The smallest absolute Gasteiger partial charge is 0.410 e. The third-order valence-corrected chi connectivity index (χ3v) is 18.3. The molecule has 7 nitrogen and oxygen atoms in total. The molecule has 1 aromatic heterocycles. The normalized spacial score (nSPS) is 17.9. The molecule has 5 aromatic rings. The van der Waals surface area contributed by atoms with Gasteiger partial charge >= 0.3 is 6.09 Å². The van der Waals surface area contributed by atoms with Crippen LogP contribution in [-0.2, 0) is 43.9 Å². The number of amides is 1. The van der Waals surface area contributed by atoms with Gasteiger partial charge in [0.1, 0.15) is 6.61 Å². The van der Waals surface area contributed by atoms with Crippen molar-refractivity contribution in [1.29, 1.82) is 0 Å². The second kappa shape index (κ2) is 17.2. The number of fused-ring (bicyclic) bond motifs is 6. The molecule has 4 aromatic carbocycles. The average Bonchev–Trinajstić information content (AvgIpc) is 3.43. The molecule has 1 aliphatic heterocycles. The Balaban J connectivity index is 1.40. The molecule has 2 aliphatic rings. The van der Waals surface area contributed by atoms with Gasteiger partial charge in [-0.15, -0.1) is 0 Å². The van der Waals surface area contributed by atoms with Crippen LogP contribution in [0.3, 0.4) is 0 Å². The van der Waals surface area contributed by atoms with Crippen molar-refractivity contribution < 1.29 is 23.4 Å². The zero-order valence-corrected chi connectivity index (χ0v) is 34.9. The van der Waals surface area contributed by atoms with Gasteiger partial charge in [-0.25, -0.2) is 4.79 Å². The highest BCUT2D eigenvalue weighted by Crippen LogP contribution is 2.54. The Labute approximate surface area is 334 Å². The van der Waals surface area contributed by atoms with E-state index in [9.17, 15) is 4.79 Å². The number of carbonyl (C=O) groups is 1. The SMILES string of the molecule is CC(C)[Si](OC1=CC2c3c([nH]c4ccccc34)C(COCc3ccccc3)(COCc3ccccc3)[C@@H]1CCN2C(=O)OCc1ccccc1)(C(C)C)C(C)C. The predicted octanol–water partition coefficient (Wildman–Crippen LogP) is 11.6. The Morgan fingerprint density at radius 1 is 0.714 bits per heavy atom. The summed E-state index contributed by atoms with van der Waals surface area (Å²) >= 11 is 0. The molecule has 0 fully saturated rings. The van der Waals surface area contributed by atoms with E-state index in [0.717, 1.165) is 44.6 Å². The minimum Gasteiger partial charge on any atom is -0.546 e. The van der Waals surface area contributed by atoms with Crippen molar-refractivity contribution >= 4 is 25.3 Å². The topological polar surface area (TPSA) is 73.0 Å². The standard InChI is InChI=1S/C48H58N2O5Si/c1-34(2)56(35(3)4,36(5)6)55-44-28-43-45-40-24-16-17-25-42(40)49-46(45)48(32-52-29-37-18-10-7-11-19-37,33-53-30-38-20-12-8-13-21-38)41(44)26-27-50(43)47(51)54-31-39-22-14-9-15-23-39/h7-25,28,34-36,41,43,49H,26-27,29-33H2,1-6H3/t41-,43?/m1/s1. The van der Waals surface area contributed by atoms with Crippen LogP contribution in [0.2, 0.25) is 16.6 Å². The van der Waals surface area contributed by atoms with Crippen LogP contribution in [0.4, 0.5) is 4.79 Å². The summed E-state index contributed by atoms with van der Waals surface area (Å²) in [7, 11) is -2.47. The Kier molecular flexibility index (Phi) is 12.2. The molecule has 1 amide bonds. The van der Waals surface area contributed by atoms with Crippen LogP contribution in [0.5, 0.6) is 0 Å². The molecule has 8 heteroatoms. The summed E-state index contributed by atoms with van der Waals surface area (Å²) < 4.78 is 27.7. The van der Waals surface area contributed by atoms with Crippen molar-refractivity contribution in [3.63, 3.8) is 0 Å². The van der Waals surface area contributed by atoms with E-state index in [0.29, 0.717) is 56.0 Å². The van der Waals surface area contributed by atoms with Gasteiger partial charge in [-0.1, -0.05) is 151 Å². The lowest BCUT2D eigenvalue weighted by Crippen LogP contribution is -2.52. The Morgan fingerprint density at radius 3 is 1.75 bits per heavy atom. The molecule has 1 aliphatic carbocycles. The molecule has 1 N–H and O–H groups in total. The number of aromatic nitrogens is 1. The van der Waals surface area contributed by atoms with Crippen LogP contribution < -0.4 is 0 Å². The van der Waals surface area contributed by atoms with E-state index in [1.54, 1.807) is 0 Å². The molecular weight excluding hydrogens is 713 g/mol. The first kappa shape index (κ1) is 39.6. The minimum atomic E-state index is -2.47. The summed E-state index contributed by atoms with van der Waals surface area (Å²) in [5.41, 5.74) is 6.69. The predicted molar refractivity (Wildman–Crippen MR) is 227 cm³/mol. The largest absolute Gasteiger partial charge is 0.546 e. The summed E-state index contributed by atoms with van der Waals surface area (Å²) in [4.78, 5) is 20.3. The Hall–Kier alpha value is -4.63. The first-order valence-electron chi connectivity index (χ1n) is 20.4. The number of hydrogen-bond donors (Lipinski definition) is 1. The summed E-state index contributed by atoms with van der Waals surface area (Å²) in [5, 5.41) is 1.07. The summed E-state index contributed by atoms with van der Waals surface area (Å²) in [6.45, 7) is 16.4. The zero-order chi connectivity index (χ0) is 39.3. The fourth-order valence-electron chi connectivity index (χ4n) is 9.64. The second-order valence-electron chi connectivity index (χ2n) is 16.6. The third-order valence-electron chi connectivity index (χ3n) is 12.3. The van der Waals surface area contributed by atoms with Crippen molar-refractivity contribution in [3.8, 4) is 0 Å². The first-order chi connectivity index (χ1) is 27.1. The highest BCUT2D eigenvalue weighted by atomic mass is 28.4. The lowest BCUT2D eigenvalue weighted by Gasteiger charge is -2.47. The molecule has 56 heavy (non-hydrogen) atoms. The van der Waals surface area contributed by atoms with Crippen molar-refractivity contribution in [2.24, 2.45) is 5.92 Å². The monoisotopic (exact) mass is 770 g/mol. The van der Waals surface area contributed by atoms with Crippen LogP contribution in [0.15, 0.2) is 127 Å². The molecule has 0 saturated heterocycles. The van der Waals surface area contributed by atoms with E-state index in [1.165, 1.54) is 0 Å². The number of benzene rings is 4. The fraction of sp³-hybridized carbons (Fsp3) is 0.396. The lowest BCUT2D eigenvalue weighted by molar-refractivity contribution is -0.0246. The first-order valence-corrected chi connectivity index (χ1v) is 22.5. The second-order valence-corrected chi connectivity index (χ2v) is 22.0. The molecule has 294 valence electrons. The third kappa shape index (κ3) is 7.84. The van der Waals surface area contributed by atoms with Crippen LogP contribution in [0, 0.1) is 5.92 Å². The highest BCUT2D eigenvalue weighted by Gasteiger charge is 2.55. The number of allylic oxidation sites excluding steroid dienone is 1. The maximum atomic E-state index is 14.4. The van der Waals surface area contributed by atoms with Gasteiger partial charge in [0.2, 0.25) is 0 Å². The van der Waals surface area contributed by atoms with Crippen molar-refractivity contribution in [2.75, 3.05) is 19.8 Å². The number of H-pyrrole nitrogens is 1. The van der Waals surface area contributed by atoms with E-state index in [2.05, 4.69) is 125 Å². The van der Waals surface area contributed by atoms with Crippen LogP contribution in [0.1, 0.15) is 82.0 Å². The Morgan fingerprint density at radius 2 is 1.21 bits per heavy atom. The molecule has 0 radical (unpaired) electrons. The van der Waals surface area contributed by atoms with Gasteiger partial charge < -0.3 is 23.6 Å². The quantitative estimate of drug-likeness (QED) is 0.107. The maximum Gasteiger partial charge on any atom is 0.410 e. The number of hydrogen-bond acceptors (Lipinski definition) is 5. The van der Waals surface area contributed by atoms with Crippen LogP contribution >= 0.6 is 0 Å².